The molecule has 0 aliphatic carbocycles. The van der Waals surface area contributed by atoms with Gasteiger partial charge in [-0.25, -0.2) is 13.4 Å². The van der Waals surface area contributed by atoms with Gasteiger partial charge in [0.1, 0.15) is 5.82 Å². The van der Waals surface area contributed by atoms with Crippen molar-refractivity contribution in [1.82, 2.24) is 15.3 Å². The van der Waals surface area contributed by atoms with E-state index in [-0.39, 0.29) is 23.6 Å². The molecule has 138 valence electrons. The van der Waals surface area contributed by atoms with Crippen LogP contribution in [0.1, 0.15) is 32.1 Å². The molecule has 4 heterocycles. The molecular formula is C17H27N5O2S. The maximum atomic E-state index is 12.1. The first-order valence-electron chi connectivity index (χ1n) is 9.41. The first-order valence-corrected chi connectivity index (χ1v) is 11.2. The second-order valence-corrected chi connectivity index (χ2v) is 9.52. The summed E-state index contributed by atoms with van der Waals surface area (Å²) in [6, 6.07) is 1.91. The van der Waals surface area contributed by atoms with E-state index in [9.17, 15) is 8.42 Å². The Labute approximate surface area is 149 Å². The fourth-order valence-corrected chi connectivity index (χ4v) is 6.21. The van der Waals surface area contributed by atoms with Crippen molar-refractivity contribution in [2.75, 3.05) is 47.5 Å². The van der Waals surface area contributed by atoms with Gasteiger partial charge in [-0.15, -0.1) is 0 Å². The number of rotatable bonds is 2. The zero-order valence-corrected chi connectivity index (χ0v) is 15.4. The molecule has 3 fully saturated rings. The highest BCUT2D eigenvalue weighted by Crippen LogP contribution is 2.26. The molecule has 3 saturated heterocycles. The van der Waals surface area contributed by atoms with Gasteiger partial charge in [-0.05, 0) is 18.9 Å². The van der Waals surface area contributed by atoms with Crippen LogP contribution in [0, 0.1) is 0 Å². The largest absolute Gasteiger partial charge is 0.350 e. The van der Waals surface area contributed by atoms with Crippen LogP contribution >= 0.6 is 0 Å². The lowest BCUT2D eigenvalue weighted by Crippen LogP contribution is -2.57. The van der Waals surface area contributed by atoms with Crippen LogP contribution in [0.4, 0.5) is 11.8 Å². The van der Waals surface area contributed by atoms with E-state index in [1.54, 1.807) is 0 Å². The second-order valence-electron chi connectivity index (χ2n) is 7.37. The summed E-state index contributed by atoms with van der Waals surface area (Å²) >= 11 is 0. The SMILES string of the molecule is O=S1(=O)C[C@@H]2NCCN(c3ccnc(N4CCCCCCC4)n3)[C@@H]2C1. The Kier molecular flexibility index (Phi) is 4.82. The van der Waals surface area contributed by atoms with E-state index >= 15 is 0 Å². The lowest BCUT2D eigenvalue weighted by molar-refractivity contribution is 0.422. The van der Waals surface area contributed by atoms with Gasteiger partial charge >= 0.3 is 0 Å². The van der Waals surface area contributed by atoms with Crippen molar-refractivity contribution in [2.24, 2.45) is 0 Å². The number of sulfone groups is 1. The average molecular weight is 366 g/mol. The number of hydrogen-bond donors (Lipinski definition) is 1. The van der Waals surface area contributed by atoms with Gasteiger partial charge in [0.15, 0.2) is 9.84 Å². The molecule has 3 aliphatic rings. The third-order valence-corrected chi connectivity index (χ3v) is 7.26. The van der Waals surface area contributed by atoms with Gasteiger partial charge in [-0.3, -0.25) is 0 Å². The van der Waals surface area contributed by atoms with Gasteiger partial charge in [0.25, 0.3) is 0 Å². The Morgan fingerprint density at radius 3 is 2.60 bits per heavy atom. The maximum Gasteiger partial charge on any atom is 0.227 e. The summed E-state index contributed by atoms with van der Waals surface area (Å²) in [4.78, 5) is 13.8. The third-order valence-electron chi connectivity index (χ3n) is 5.54. The molecular weight excluding hydrogens is 338 g/mol. The standard InChI is InChI=1S/C17H27N5O2S/c23-25(24)12-14-15(13-25)22(11-8-18-14)16-6-7-19-17(20-16)21-9-4-2-1-3-5-10-21/h6-7,14-15,18H,1-5,8-13H2/t14-,15+/m0/s1. The van der Waals surface area contributed by atoms with Gasteiger partial charge in [0.05, 0.1) is 17.5 Å². The van der Waals surface area contributed by atoms with Crippen molar-refractivity contribution in [3.63, 3.8) is 0 Å². The molecule has 4 rings (SSSR count). The van der Waals surface area contributed by atoms with Gasteiger partial charge in [-0.1, -0.05) is 19.3 Å². The van der Waals surface area contributed by atoms with E-state index in [0.29, 0.717) is 0 Å². The highest BCUT2D eigenvalue weighted by molar-refractivity contribution is 7.91. The van der Waals surface area contributed by atoms with Crippen LogP contribution in [0.2, 0.25) is 0 Å². The third kappa shape index (κ3) is 3.74. The molecule has 0 amide bonds. The van der Waals surface area contributed by atoms with Crippen molar-refractivity contribution in [2.45, 2.75) is 44.2 Å². The second kappa shape index (κ2) is 7.07. The van der Waals surface area contributed by atoms with Crippen LogP contribution in [-0.2, 0) is 9.84 Å². The quantitative estimate of drug-likeness (QED) is 0.831. The number of nitrogens with zero attached hydrogens (tertiary/aromatic N) is 4. The van der Waals surface area contributed by atoms with Crippen LogP contribution in [0.5, 0.6) is 0 Å². The molecule has 3 aliphatic heterocycles. The number of hydrogen-bond acceptors (Lipinski definition) is 7. The molecule has 0 spiro atoms. The molecule has 8 heteroatoms. The zero-order chi connectivity index (χ0) is 17.3. The van der Waals surface area contributed by atoms with Crippen LogP contribution in [-0.4, -0.2) is 68.2 Å². The summed E-state index contributed by atoms with van der Waals surface area (Å²) in [6.45, 7) is 3.59. The molecule has 0 unspecified atom stereocenters. The number of nitrogens with one attached hydrogen (secondary N) is 1. The first kappa shape index (κ1) is 17.0. The highest BCUT2D eigenvalue weighted by Gasteiger charge is 2.43. The Balaban J connectivity index is 1.56. The molecule has 2 atom stereocenters. The summed E-state index contributed by atoms with van der Waals surface area (Å²) in [7, 11) is -2.97. The predicted octanol–water partition coefficient (Wildman–Crippen LogP) is 0.822. The van der Waals surface area contributed by atoms with Crippen LogP contribution in [0.15, 0.2) is 12.3 Å². The summed E-state index contributed by atoms with van der Waals surface area (Å²) < 4.78 is 24.1. The van der Waals surface area contributed by atoms with Crippen molar-refractivity contribution in [3.8, 4) is 0 Å². The van der Waals surface area contributed by atoms with Gasteiger partial charge < -0.3 is 15.1 Å². The summed E-state index contributed by atoms with van der Waals surface area (Å²) in [5.74, 6) is 2.10. The van der Waals surface area contributed by atoms with Gasteiger partial charge in [0, 0.05) is 38.4 Å². The van der Waals surface area contributed by atoms with E-state index in [4.69, 9.17) is 4.98 Å². The van der Waals surface area contributed by atoms with Crippen molar-refractivity contribution >= 4 is 21.6 Å². The normalized spacial score (nSPS) is 29.8. The first-order chi connectivity index (χ1) is 12.1. The number of piperazine rings is 1. The zero-order valence-electron chi connectivity index (χ0n) is 14.6. The highest BCUT2D eigenvalue weighted by atomic mass is 32.2. The molecule has 0 radical (unpaired) electrons. The van der Waals surface area contributed by atoms with Crippen LogP contribution in [0.3, 0.4) is 0 Å². The minimum atomic E-state index is -2.97. The molecule has 1 aromatic rings. The van der Waals surface area contributed by atoms with Gasteiger partial charge in [0.2, 0.25) is 5.95 Å². The number of aromatic nitrogens is 2. The topological polar surface area (TPSA) is 78.4 Å². The lowest BCUT2D eigenvalue weighted by Gasteiger charge is -2.38. The van der Waals surface area contributed by atoms with Crippen molar-refractivity contribution in [3.05, 3.63) is 12.3 Å². The Morgan fingerprint density at radius 1 is 1.04 bits per heavy atom. The molecule has 7 nitrogen and oxygen atoms in total. The average Bonchev–Trinajstić information content (AvgIpc) is 2.88. The van der Waals surface area contributed by atoms with E-state index in [1.807, 2.05) is 12.3 Å². The summed E-state index contributed by atoms with van der Waals surface area (Å²) in [5.41, 5.74) is 0. The smallest absolute Gasteiger partial charge is 0.227 e. The minimum absolute atomic E-state index is 0.0128. The fourth-order valence-electron chi connectivity index (χ4n) is 4.25. The molecule has 0 bridgehead atoms. The van der Waals surface area contributed by atoms with Crippen LogP contribution in [0.25, 0.3) is 0 Å². The fraction of sp³-hybridized carbons (Fsp3) is 0.765. The van der Waals surface area contributed by atoms with Crippen molar-refractivity contribution in [1.29, 1.82) is 0 Å². The Bertz CT molecular complexity index is 703. The molecule has 1 N–H and O–H groups in total. The maximum absolute atomic E-state index is 12.1. The number of anilines is 2. The van der Waals surface area contributed by atoms with Crippen molar-refractivity contribution < 1.29 is 8.42 Å². The van der Waals surface area contributed by atoms with Crippen LogP contribution < -0.4 is 15.1 Å². The van der Waals surface area contributed by atoms with Gasteiger partial charge in [-0.2, -0.15) is 4.98 Å². The number of fused-ring (bicyclic) bond motifs is 1. The van der Waals surface area contributed by atoms with E-state index in [2.05, 4.69) is 20.1 Å². The Hall–Kier alpha value is -1.41. The molecule has 25 heavy (non-hydrogen) atoms. The molecule has 0 aromatic carbocycles. The minimum Gasteiger partial charge on any atom is -0.350 e. The van der Waals surface area contributed by atoms with E-state index in [0.717, 1.165) is 37.9 Å². The van der Waals surface area contributed by atoms with E-state index in [1.165, 1.54) is 32.1 Å². The van der Waals surface area contributed by atoms with E-state index < -0.39 is 9.84 Å². The summed E-state index contributed by atoms with van der Waals surface area (Å²) in [5, 5.41) is 3.35. The lowest BCUT2D eigenvalue weighted by atomic mass is 10.1. The molecule has 0 saturated carbocycles. The monoisotopic (exact) mass is 365 g/mol. The summed E-state index contributed by atoms with van der Waals surface area (Å²) in [6.07, 6.45) is 8.06. The predicted molar refractivity (Wildman–Crippen MR) is 98.9 cm³/mol. The Morgan fingerprint density at radius 2 is 1.80 bits per heavy atom. The molecule has 1 aromatic heterocycles.